The standard InChI is InChI=1S/C14H17NOS2/c1-3-11-13(9-17)18-14(15-11)8-16-12-7-5-4-6-10(12)2/h4-7,17H,3,8-9H2,1-2H3. The average molecular weight is 279 g/mol. The van der Waals surface area contributed by atoms with Crippen molar-refractivity contribution in [2.75, 3.05) is 0 Å². The third kappa shape index (κ3) is 3.06. The van der Waals surface area contributed by atoms with E-state index in [1.165, 1.54) is 4.88 Å². The number of aromatic nitrogens is 1. The molecular weight excluding hydrogens is 262 g/mol. The van der Waals surface area contributed by atoms with E-state index in [4.69, 9.17) is 4.74 Å². The van der Waals surface area contributed by atoms with Crippen LogP contribution in [0, 0.1) is 6.92 Å². The minimum absolute atomic E-state index is 0.538. The van der Waals surface area contributed by atoms with Crippen LogP contribution < -0.4 is 4.74 Å². The van der Waals surface area contributed by atoms with Crippen LogP contribution in [0.15, 0.2) is 24.3 Å². The molecule has 0 unspecified atom stereocenters. The highest BCUT2D eigenvalue weighted by atomic mass is 32.1. The summed E-state index contributed by atoms with van der Waals surface area (Å²) in [7, 11) is 0. The van der Waals surface area contributed by atoms with Crippen molar-refractivity contribution in [1.29, 1.82) is 0 Å². The van der Waals surface area contributed by atoms with E-state index in [0.29, 0.717) is 6.61 Å². The summed E-state index contributed by atoms with van der Waals surface area (Å²) >= 11 is 6.03. The number of rotatable bonds is 5. The van der Waals surface area contributed by atoms with Crippen molar-refractivity contribution in [1.82, 2.24) is 4.98 Å². The zero-order chi connectivity index (χ0) is 13.0. The summed E-state index contributed by atoms with van der Waals surface area (Å²) in [4.78, 5) is 5.84. The summed E-state index contributed by atoms with van der Waals surface area (Å²) in [6, 6.07) is 8.04. The van der Waals surface area contributed by atoms with Crippen LogP contribution in [0.5, 0.6) is 5.75 Å². The van der Waals surface area contributed by atoms with E-state index in [0.717, 1.165) is 34.2 Å². The molecule has 1 heterocycles. The van der Waals surface area contributed by atoms with E-state index in [1.54, 1.807) is 11.3 Å². The molecule has 0 saturated heterocycles. The lowest BCUT2D eigenvalue weighted by Gasteiger charge is -2.06. The first-order chi connectivity index (χ1) is 8.74. The normalized spacial score (nSPS) is 10.6. The molecule has 0 spiro atoms. The Hall–Kier alpha value is -1.00. The maximum atomic E-state index is 5.80. The minimum Gasteiger partial charge on any atom is -0.486 e. The summed E-state index contributed by atoms with van der Waals surface area (Å²) in [5, 5.41) is 1.03. The Balaban J connectivity index is 2.06. The van der Waals surface area contributed by atoms with E-state index in [1.807, 2.05) is 31.2 Å². The molecular formula is C14H17NOS2. The van der Waals surface area contributed by atoms with E-state index < -0.39 is 0 Å². The van der Waals surface area contributed by atoms with Crippen molar-refractivity contribution in [3.8, 4) is 5.75 Å². The van der Waals surface area contributed by atoms with Gasteiger partial charge in [-0.2, -0.15) is 12.6 Å². The molecule has 0 N–H and O–H groups in total. The lowest BCUT2D eigenvalue weighted by molar-refractivity contribution is 0.303. The van der Waals surface area contributed by atoms with Crippen molar-refractivity contribution >= 4 is 24.0 Å². The van der Waals surface area contributed by atoms with Gasteiger partial charge >= 0.3 is 0 Å². The first kappa shape index (κ1) is 13.4. The quantitative estimate of drug-likeness (QED) is 0.835. The molecule has 2 aromatic rings. The number of hydrogen-bond acceptors (Lipinski definition) is 4. The van der Waals surface area contributed by atoms with Gasteiger partial charge in [-0.1, -0.05) is 25.1 Å². The third-order valence-electron chi connectivity index (χ3n) is 2.75. The van der Waals surface area contributed by atoms with Crippen LogP contribution in [0.1, 0.15) is 28.1 Å². The second-order valence-electron chi connectivity index (χ2n) is 4.04. The summed E-state index contributed by atoms with van der Waals surface area (Å²) in [6.07, 6.45) is 0.955. The van der Waals surface area contributed by atoms with Crippen LogP contribution in [0.3, 0.4) is 0 Å². The van der Waals surface area contributed by atoms with Crippen molar-refractivity contribution in [3.05, 3.63) is 45.4 Å². The first-order valence-corrected chi connectivity index (χ1v) is 7.46. The minimum atomic E-state index is 0.538. The maximum Gasteiger partial charge on any atom is 0.140 e. The fourth-order valence-electron chi connectivity index (χ4n) is 1.76. The molecule has 1 aromatic heterocycles. The van der Waals surface area contributed by atoms with E-state index in [-0.39, 0.29) is 0 Å². The monoisotopic (exact) mass is 279 g/mol. The van der Waals surface area contributed by atoms with Crippen LogP contribution in [0.25, 0.3) is 0 Å². The van der Waals surface area contributed by atoms with Gasteiger partial charge in [-0.3, -0.25) is 0 Å². The van der Waals surface area contributed by atoms with E-state index >= 15 is 0 Å². The Morgan fingerprint density at radius 2 is 2.11 bits per heavy atom. The van der Waals surface area contributed by atoms with E-state index in [9.17, 15) is 0 Å². The average Bonchev–Trinajstić information content (AvgIpc) is 2.80. The number of nitrogens with zero attached hydrogens (tertiary/aromatic N) is 1. The molecule has 0 bridgehead atoms. The molecule has 4 heteroatoms. The largest absolute Gasteiger partial charge is 0.486 e. The number of para-hydroxylation sites is 1. The Bertz CT molecular complexity index is 501. The summed E-state index contributed by atoms with van der Waals surface area (Å²) in [6.45, 7) is 4.71. The van der Waals surface area contributed by atoms with Gasteiger partial charge in [-0.15, -0.1) is 11.3 Å². The highest BCUT2D eigenvalue weighted by Gasteiger charge is 2.09. The number of hydrogen-bond donors (Lipinski definition) is 1. The highest BCUT2D eigenvalue weighted by molar-refractivity contribution is 7.79. The van der Waals surface area contributed by atoms with Crippen LogP contribution in [0.2, 0.25) is 0 Å². The predicted molar refractivity (Wildman–Crippen MR) is 79.7 cm³/mol. The Labute approximate surface area is 117 Å². The van der Waals surface area contributed by atoms with Gasteiger partial charge in [0, 0.05) is 10.6 Å². The molecule has 0 aliphatic heterocycles. The number of benzene rings is 1. The van der Waals surface area contributed by atoms with Crippen molar-refractivity contribution in [3.63, 3.8) is 0 Å². The zero-order valence-corrected chi connectivity index (χ0v) is 12.4. The number of thiol groups is 1. The molecule has 2 rings (SSSR count). The molecule has 0 saturated carbocycles. The second kappa shape index (κ2) is 6.25. The summed E-state index contributed by atoms with van der Waals surface area (Å²) < 4.78 is 5.80. The molecule has 0 radical (unpaired) electrons. The van der Waals surface area contributed by atoms with Crippen molar-refractivity contribution < 1.29 is 4.74 Å². The van der Waals surface area contributed by atoms with Crippen molar-refractivity contribution in [2.45, 2.75) is 32.6 Å². The van der Waals surface area contributed by atoms with Gasteiger partial charge in [0.25, 0.3) is 0 Å². The molecule has 0 aliphatic rings. The summed E-state index contributed by atoms with van der Waals surface area (Å²) in [5.74, 6) is 1.68. The van der Waals surface area contributed by atoms with Gasteiger partial charge in [-0.05, 0) is 25.0 Å². The van der Waals surface area contributed by atoms with Gasteiger partial charge in [0.1, 0.15) is 17.4 Å². The lowest BCUT2D eigenvalue weighted by atomic mass is 10.2. The molecule has 96 valence electrons. The number of thiazole rings is 1. The van der Waals surface area contributed by atoms with Crippen LogP contribution in [-0.4, -0.2) is 4.98 Å². The molecule has 18 heavy (non-hydrogen) atoms. The topological polar surface area (TPSA) is 22.1 Å². The Morgan fingerprint density at radius 3 is 2.72 bits per heavy atom. The van der Waals surface area contributed by atoms with Gasteiger partial charge in [0.2, 0.25) is 0 Å². The molecule has 0 aliphatic carbocycles. The number of aryl methyl sites for hydroxylation is 2. The molecule has 0 amide bonds. The maximum absolute atomic E-state index is 5.80. The van der Waals surface area contributed by atoms with Crippen LogP contribution >= 0.6 is 24.0 Å². The fourth-order valence-corrected chi connectivity index (χ4v) is 3.06. The molecule has 1 aromatic carbocycles. The summed E-state index contributed by atoms with van der Waals surface area (Å²) in [5.41, 5.74) is 2.30. The van der Waals surface area contributed by atoms with E-state index in [2.05, 4.69) is 24.5 Å². The van der Waals surface area contributed by atoms with Gasteiger partial charge in [-0.25, -0.2) is 4.98 Å². The Morgan fingerprint density at radius 1 is 1.33 bits per heavy atom. The van der Waals surface area contributed by atoms with Crippen molar-refractivity contribution in [2.24, 2.45) is 0 Å². The van der Waals surface area contributed by atoms with Crippen LogP contribution in [-0.2, 0) is 18.8 Å². The van der Waals surface area contributed by atoms with Gasteiger partial charge in [0.15, 0.2) is 0 Å². The predicted octanol–water partition coefficient (Wildman–Crippen LogP) is 4.02. The SMILES string of the molecule is CCc1nc(COc2ccccc2C)sc1CS. The third-order valence-corrected chi connectivity index (χ3v) is 4.35. The second-order valence-corrected chi connectivity index (χ2v) is 5.53. The first-order valence-electron chi connectivity index (χ1n) is 6.01. The van der Waals surface area contributed by atoms with Crippen LogP contribution in [0.4, 0.5) is 0 Å². The van der Waals surface area contributed by atoms with Gasteiger partial charge < -0.3 is 4.74 Å². The lowest BCUT2D eigenvalue weighted by Crippen LogP contribution is -1.96. The molecule has 0 atom stereocenters. The Kier molecular flexibility index (Phi) is 4.66. The number of ether oxygens (including phenoxy) is 1. The van der Waals surface area contributed by atoms with Gasteiger partial charge in [0.05, 0.1) is 5.69 Å². The highest BCUT2D eigenvalue weighted by Crippen LogP contribution is 2.23. The zero-order valence-electron chi connectivity index (χ0n) is 10.6. The molecule has 2 nitrogen and oxygen atoms in total. The smallest absolute Gasteiger partial charge is 0.140 e. The molecule has 0 fully saturated rings. The fraction of sp³-hybridized carbons (Fsp3) is 0.357.